The lowest BCUT2D eigenvalue weighted by atomic mass is 9.77. The minimum absolute atomic E-state index is 0.0469. The van der Waals surface area contributed by atoms with E-state index in [1.807, 2.05) is 0 Å². The van der Waals surface area contributed by atoms with Crippen LogP contribution in [0.5, 0.6) is 5.75 Å². The van der Waals surface area contributed by atoms with Crippen molar-refractivity contribution in [1.29, 1.82) is 0 Å². The van der Waals surface area contributed by atoms with Gasteiger partial charge in [0.1, 0.15) is 17.2 Å². The first-order valence-electron chi connectivity index (χ1n) is 10.2. The Morgan fingerprint density at radius 1 is 1.09 bits per heavy atom. The summed E-state index contributed by atoms with van der Waals surface area (Å²) in [5.74, 6) is -3.18. The van der Waals surface area contributed by atoms with Crippen molar-refractivity contribution in [1.82, 2.24) is 5.32 Å². The van der Waals surface area contributed by atoms with E-state index in [-0.39, 0.29) is 39.7 Å². The van der Waals surface area contributed by atoms with Gasteiger partial charge in [-0.25, -0.2) is 9.29 Å². The lowest BCUT2D eigenvalue weighted by Crippen LogP contribution is -2.49. The maximum atomic E-state index is 13.3. The number of ether oxygens (including phenoxy) is 2. The summed E-state index contributed by atoms with van der Waals surface area (Å²) < 4.78 is 24.7. The number of benzene rings is 2. The number of carbonyl (C=O) groups excluding carboxylic acids is 3. The molecule has 0 unspecified atom stereocenters. The number of hydrogen-bond donors (Lipinski definition) is 1. The highest BCUT2D eigenvalue weighted by molar-refractivity contribution is 6.43. The van der Waals surface area contributed by atoms with E-state index in [0.29, 0.717) is 0 Å². The molecule has 0 aliphatic carbocycles. The summed E-state index contributed by atoms with van der Waals surface area (Å²) in [7, 11) is 0. The Morgan fingerprint density at radius 2 is 1.79 bits per heavy atom. The molecule has 2 saturated heterocycles. The molecule has 2 aromatic carbocycles. The van der Waals surface area contributed by atoms with Gasteiger partial charge in [-0.1, -0.05) is 47.0 Å². The number of nitrogens with zero attached hydrogens (tertiary/aromatic N) is 1. The van der Waals surface area contributed by atoms with Crippen LogP contribution < -0.4 is 15.0 Å². The van der Waals surface area contributed by atoms with E-state index >= 15 is 0 Å². The molecule has 176 valence electrons. The molecule has 0 aromatic heterocycles. The molecule has 0 spiro atoms. The fraction of sp³-hybridized carbons (Fsp3) is 0.261. The molecule has 5 rings (SSSR count). The van der Waals surface area contributed by atoms with Crippen LogP contribution in [-0.4, -0.2) is 42.6 Å². The van der Waals surface area contributed by atoms with E-state index in [2.05, 4.69) is 5.32 Å². The highest BCUT2D eigenvalue weighted by Gasteiger charge is 2.67. The normalized spacial score (nSPS) is 26.8. The van der Waals surface area contributed by atoms with Gasteiger partial charge in [0.2, 0.25) is 11.8 Å². The van der Waals surface area contributed by atoms with E-state index in [1.165, 1.54) is 36.4 Å². The first kappa shape index (κ1) is 23.1. The molecule has 0 radical (unpaired) electrons. The monoisotopic (exact) mass is 524 g/mol. The molecule has 2 fully saturated rings. The molecule has 3 aliphatic rings. The molecule has 1 N–H and O–H groups in total. The van der Waals surface area contributed by atoms with Gasteiger partial charge in [-0.2, -0.15) is 0 Å². The Hall–Kier alpha value is -2.65. The molecule has 2 aromatic rings. The first-order valence-corrected chi connectivity index (χ1v) is 11.4. The van der Waals surface area contributed by atoms with Crippen molar-refractivity contribution in [2.24, 2.45) is 11.8 Å². The lowest BCUT2D eigenvalue weighted by Gasteiger charge is -2.29. The summed E-state index contributed by atoms with van der Waals surface area (Å²) in [5, 5.41) is 3.37. The van der Waals surface area contributed by atoms with Crippen LogP contribution in [0.2, 0.25) is 15.1 Å². The third kappa shape index (κ3) is 3.75. The van der Waals surface area contributed by atoms with Crippen molar-refractivity contribution in [2.45, 2.75) is 11.7 Å². The van der Waals surface area contributed by atoms with Gasteiger partial charge in [0.15, 0.2) is 6.61 Å². The van der Waals surface area contributed by atoms with Gasteiger partial charge in [-0.15, -0.1) is 0 Å². The summed E-state index contributed by atoms with van der Waals surface area (Å²) in [4.78, 5) is 39.8. The molecule has 7 nitrogen and oxygen atoms in total. The number of anilines is 1. The number of amides is 3. The summed E-state index contributed by atoms with van der Waals surface area (Å²) in [6.45, 7) is -0.418. The van der Waals surface area contributed by atoms with E-state index in [9.17, 15) is 18.8 Å². The number of halogens is 4. The van der Waals surface area contributed by atoms with Crippen LogP contribution in [-0.2, 0) is 19.1 Å². The van der Waals surface area contributed by atoms with Crippen LogP contribution in [0.25, 0.3) is 0 Å². The predicted molar refractivity (Wildman–Crippen MR) is 123 cm³/mol. The molecule has 11 heteroatoms. The van der Waals surface area contributed by atoms with E-state index in [4.69, 9.17) is 44.3 Å². The first-order chi connectivity index (χ1) is 16.2. The van der Waals surface area contributed by atoms with Crippen molar-refractivity contribution in [2.75, 3.05) is 18.1 Å². The number of carbonyl (C=O) groups is 3. The average molecular weight is 526 g/mol. The maximum Gasteiger partial charge on any atom is 0.258 e. The highest BCUT2D eigenvalue weighted by Crippen LogP contribution is 2.52. The van der Waals surface area contributed by atoms with Gasteiger partial charge in [0.05, 0.1) is 45.2 Å². The van der Waals surface area contributed by atoms with Crippen molar-refractivity contribution in [3.05, 3.63) is 69.4 Å². The van der Waals surface area contributed by atoms with Crippen LogP contribution in [0.1, 0.15) is 0 Å². The molecule has 3 heterocycles. The predicted octanol–water partition coefficient (Wildman–Crippen LogP) is 3.79. The Bertz CT molecular complexity index is 1240. The number of fused-ring (bicyclic) bond motifs is 5. The Labute approximate surface area is 208 Å². The van der Waals surface area contributed by atoms with Gasteiger partial charge in [-0.05, 0) is 30.3 Å². The average Bonchev–Trinajstić information content (AvgIpc) is 3.45. The van der Waals surface area contributed by atoms with Crippen LogP contribution in [0.3, 0.4) is 0 Å². The van der Waals surface area contributed by atoms with Crippen LogP contribution in [0, 0.1) is 17.7 Å². The van der Waals surface area contributed by atoms with Crippen LogP contribution in [0.4, 0.5) is 10.1 Å². The van der Waals surface area contributed by atoms with Gasteiger partial charge in [0, 0.05) is 6.07 Å². The molecule has 34 heavy (non-hydrogen) atoms. The zero-order chi connectivity index (χ0) is 24.2. The van der Waals surface area contributed by atoms with Crippen molar-refractivity contribution < 1.29 is 28.2 Å². The number of hydrogen-bond acceptors (Lipinski definition) is 5. The van der Waals surface area contributed by atoms with Crippen molar-refractivity contribution >= 4 is 58.2 Å². The molecule has 3 aliphatic heterocycles. The second kappa shape index (κ2) is 8.53. The number of nitrogens with one attached hydrogen (secondary N) is 1. The minimum atomic E-state index is -1.17. The van der Waals surface area contributed by atoms with Crippen molar-refractivity contribution in [3.8, 4) is 5.75 Å². The standard InChI is InChI=1S/C23H16Cl3FN2O5/c24-13-7-15(26)17(8-14(13)25)33-9-18(30)28-10-23-6-5-16(34-23)19-20(23)22(32)29(21(19)31)12-3-1-11(27)2-4-12/h1-8,16,19-20H,9-10H2,(H,28,30)/t16-,19-,20+,23-/m1/s1. The molecule has 3 amide bonds. The van der Waals surface area contributed by atoms with Gasteiger partial charge in [0.25, 0.3) is 5.91 Å². The number of rotatable bonds is 6. The molecule has 2 bridgehead atoms. The second-order valence-electron chi connectivity index (χ2n) is 8.15. The van der Waals surface area contributed by atoms with Crippen molar-refractivity contribution in [3.63, 3.8) is 0 Å². The molecular weight excluding hydrogens is 510 g/mol. The minimum Gasteiger partial charge on any atom is -0.482 e. The summed E-state index contributed by atoms with van der Waals surface area (Å²) in [6, 6.07) is 7.93. The van der Waals surface area contributed by atoms with E-state index in [0.717, 1.165) is 4.90 Å². The number of imide groups is 1. The van der Waals surface area contributed by atoms with Crippen LogP contribution >= 0.6 is 34.8 Å². The van der Waals surface area contributed by atoms with Gasteiger partial charge >= 0.3 is 0 Å². The quantitative estimate of drug-likeness (QED) is 0.352. The molecular formula is C23H16Cl3FN2O5. The highest BCUT2D eigenvalue weighted by atomic mass is 35.5. The van der Waals surface area contributed by atoms with E-state index in [1.54, 1.807) is 12.2 Å². The Morgan fingerprint density at radius 3 is 2.53 bits per heavy atom. The zero-order valence-corrected chi connectivity index (χ0v) is 19.5. The summed E-state index contributed by atoms with van der Waals surface area (Å²) in [5.41, 5.74) is -0.885. The fourth-order valence-corrected chi connectivity index (χ4v) is 5.19. The van der Waals surface area contributed by atoms with Crippen LogP contribution in [0.15, 0.2) is 48.6 Å². The summed E-state index contributed by atoms with van der Waals surface area (Å²) in [6.07, 6.45) is 2.84. The van der Waals surface area contributed by atoms with Gasteiger partial charge < -0.3 is 14.8 Å². The smallest absolute Gasteiger partial charge is 0.258 e. The summed E-state index contributed by atoms with van der Waals surface area (Å²) >= 11 is 17.9. The lowest BCUT2D eigenvalue weighted by molar-refractivity contribution is -0.129. The SMILES string of the molecule is O=C(COc1cc(Cl)c(Cl)cc1Cl)NC[C@@]12C=C[C@@H](O1)[C@H]1C(=O)N(c3ccc(F)cc3)C(=O)[C@H]12. The fourth-order valence-electron chi connectivity index (χ4n) is 4.60. The largest absolute Gasteiger partial charge is 0.482 e. The van der Waals surface area contributed by atoms with E-state index < -0.39 is 47.1 Å². The Kier molecular flexibility index (Phi) is 5.80. The zero-order valence-electron chi connectivity index (χ0n) is 17.3. The molecule has 0 saturated carbocycles. The molecule has 4 atom stereocenters. The second-order valence-corrected chi connectivity index (χ2v) is 9.37. The Balaban J connectivity index is 1.27. The topological polar surface area (TPSA) is 84.9 Å². The third-order valence-corrected chi connectivity index (χ3v) is 7.15. The van der Waals surface area contributed by atoms with Gasteiger partial charge in [-0.3, -0.25) is 14.4 Å². The third-order valence-electron chi connectivity index (χ3n) is 6.14. The maximum absolute atomic E-state index is 13.3.